The summed E-state index contributed by atoms with van der Waals surface area (Å²) >= 11 is 0. The van der Waals surface area contributed by atoms with Crippen LogP contribution >= 0.6 is 0 Å². The SMILES string of the molecule is CCCCNc1nc(C)ncc1CCc1ncc(C)c(OC)c1C. The van der Waals surface area contributed by atoms with Gasteiger partial charge < -0.3 is 10.1 Å². The van der Waals surface area contributed by atoms with Crippen LogP contribution in [0.1, 0.15) is 48.0 Å². The van der Waals surface area contributed by atoms with E-state index in [2.05, 4.69) is 34.1 Å². The number of nitrogens with zero attached hydrogens (tertiary/aromatic N) is 3. The van der Waals surface area contributed by atoms with Gasteiger partial charge in [0.25, 0.3) is 0 Å². The third kappa shape index (κ3) is 4.43. The van der Waals surface area contributed by atoms with Crippen molar-refractivity contribution in [1.82, 2.24) is 15.0 Å². The van der Waals surface area contributed by atoms with Crippen molar-refractivity contribution in [1.29, 1.82) is 0 Å². The number of aryl methyl sites for hydroxylation is 4. The fraction of sp³-hybridized carbons (Fsp3) is 0.526. The molecule has 0 aromatic carbocycles. The number of nitrogens with one attached hydrogen (secondary N) is 1. The molecule has 0 radical (unpaired) electrons. The quantitative estimate of drug-likeness (QED) is 0.747. The Kier molecular flexibility index (Phi) is 6.53. The Morgan fingerprint density at radius 1 is 1.08 bits per heavy atom. The Hall–Kier alpha value is -2.17. The minimum absolute atomic E-state index is 0.795. The molecule has 2 heterocycles. The number of unbranched alkanes of at least 4 members (excludes halogenated alkanes) is 1. The van der Waals surface area contributed by atoms with Gasteiger partial charge in [-0.05, 0) is 40.0 Å². The first-order valence-corrected chi connectivity index (χ1v) is 8.62. The van der Waals surface area contributed by atoms with E-state index in [4.69, 9.17) is 4.74 Å². The minimum atomic E-state index is 0.795. The van der Waals surface area contributed by atoms with Gasteiger partial charge in [0.2, 0.25) is 0 Å². The van der Waals surface area contributed by atoms with Crippen molar-refractivity contribution in [3.63, 3.8) is 0 Å². The molecule has 0 unspecified atom stereocenters. The van der Waals surface area contributed by atoms with Crippen molar-refractivity contribution in [3.05, 3.63) is 40.6 Å². The average molecular weight is 328 g/mol. The summed E-state index contributed by atoms with van der Waals surface area (Å²) in [7, 11) is 1.71. The van der Waals surface area contributed by atoms with Gasteiger partial charge in [-0.25, -0.2) is 9.97 Å². The zero-order chi connectivity index (χ0) is 17.5. The normalized spacial score (nSPS) is 10.7. The molecule has 0 spiro atoms. The molecule has 0 aliphatic heterocycles. The lowest BCUT2D eigenvalue weighted by Gasteiger charge is -2.14. The van der Waals surface area contributed by atoms with E-state index in [9.17, 15) is 0 Å². The topological polar surface area (TPSA) is 59.9 Å². The number of methoxy groups -OCH3 is 1. The van der Waals surface area contributed by atoms with Gasteiger partial charge in [0, 0.05) is 41.3 Å². The molecular formula is C19H28N4O. The summed E-state index contributed by atoms with van der Waals surface area (Å²) in [4.78, 5) is 13.5. The smallest absolute Gasteiger partial charge is 0.132 e. The maximum Gasteiger partial charge on any atom is 0.132 e. The van der Waals surface area contributed by atoms with E-state index in [0.717, 1.165) is 65.6 Å². The maximum absolute atomic E-state index is 5.50. The molecule has 130 valence electrons. The fourth-order valence-electron chi connectivity index (χ4n) is 2.79. The number of anilines is 1. The molecule has 0 saturated carbocycles. The average Bonchev–Trinajstić information content (AvgIpc) is 2.56. The van der Waals surface area contributed by atoms with Crippen molar-refractivity contribution in [2.24, 2.45) is 0 Å². The maximum atomic E-state index is 5.50. The summed E-state index contributed by atoms with van der Waals surface area (Å²) in [5, 5.41) is 3.44. The van der Waals surface area contributed by atoms with Crippen molar-refractivity contribution < 1.29 is 4.74 Å². The molecule has 5 heteroatoms. The predicted molar refractivity (Wildman–Crippen MR) is 97.8 cm³/mol. The van der Waals surface area contributed by atoms with Gasteiger partial charge in [-0.2, -0.15) is 0 Å². The third-order valence-corrected chi connectivity index (χ3v) is 4.19. The third-order valence-electron chi connectivity index (χ3n) is 4.19. The second kappa shape index (κ2) is 8.62. The lowest BCUT2D eigenvalue weighted by atomic mass is 10.0. The van der Waals surface area contributed by atoms with Gasteiger partial charge in [-0.1, -0.05) is 13.3 Å². The monoisotopic (exact) mass is 328 g/mol. The number of hydrogen-bond donors (Lipinski definition) is 1. The summed E-state index contributed by atoms with van der Waals surface area (Å²) in [6, 6.07) is 0. The second-order valence-electron chi connectivity index (χ2n) is 6.12. The van der Waals surface area contributed by atoms with Gasteiger partial charge in [-0.15, -0.1) is 0 Å². The van der Waals surface area contributed by atoms with Gasteiger partial charge in [0.15, 0.2) is 0 Å². The van der Waals surface area contributed by atoms with Crippen molar-refractivity contribution >= 4 is 5.82 Å². The molecule has 0 atom stereocenters. The van der Waals surface area contributed by atoms with Crippen LogP contribution in [-0.4, -0.2) is 28.6 Å². The molecule has 5 nitrogen and oxygen atoms in total. The molecule has 1 N–H and O–H groups in total. The van der Waals surface area contributed by atoms with Gasteiger partial charge in [-0.3, -0.25) is 4.98 Å². The van der Waals surface area contributed by atoms with Gasteiger partial charge >= 0.3 is 0 Å². The van der Waals surface area contributed by atoms with Crippen LogP contribution in [0.4, 0.5) is 5.82 Å². The fourth-order valence-corrected chi connectivity index (χ4v) is 2.79. The first kappa shape index (κ1) is 18.2. The minimum Gasteiger partial charge on any atom is -0.496 e. The van der Waals surface area contributed by atoms with Crippen LogP contribution in [0.3, 0.4) is 0 Å². The van der Waals surface area contributed by atoms with Crippen LogP contribution in [0.15, 0.2) is 12.4 Å². The van der Waals surface area contributed by atoms with Crippen LogP contribution in [-0.2, 0) is 12.8 Å². The number of aromatic nitrogens is 3. The van der Waals surface area contributed by atoms with Crippen LogP contribution in [0.2, 0.25) is 0 Å². The molecule has 24 heavy (non-hydrogen) atoms. The Labute approximate surface area is 144 Å². The largest absolute Gasteiger partial charge is 0.496 e. The van der Waals surface area contributed by atoms with Crippen LogP contribution in [0.25, 0.3) is 0 Å². The highest BCUT2D eigenvalue weighted by Gasteiger charge is 2.11. The molecule has 0 amide bonds. The molecule has 0 aliphatic carbocycles. The summed E-state index contributed by atoms with van der Waals surface area (Å²) in [5.41, 5.74) is 4.39. The van der Waals surface area contributed by atoms with Crippen LogP contribution in [0, 0.1) is 20.8 Å². The lowest BCUT2D eigenvalue weighted by Crippen LogP contribution is -2.09. The summed E-state index contributed by atoms with van der Waals surface area (Å²) in [6.07, 6.45) is 7.81. The number of ether oxygens (including phenoxy) is 1. The van der Waals surface area contributed by atoms with E-state index in [1.807, 2.05) is 26.2 Å². The Balaban J connectivity index is 2.14. The van der Waals surface area contributed by atoms with E-state index in [0.29, 0.717) is 0 Å². The zero-order valence-electron chi connectivity index (χ0n) is 15.4. The molecule has 0 bridgehead atoms. The molecule has 0 saturated heterocycles. The summed E-state index contributed by atoms with van der Waals surface area (Å²) in [5.74, 6) is 2.68. The second-order valence-corrected chi connectivity index (χ2v) is 6.12. The molecule has 2 aromatic rings. The number of rotatable bonds is 8. The van der Waals surface area contributed by atoms with E-state index < -0.39 is 0 Å². The Morgan fingerprint density at radius 2 is 1.88 bits per heavy atom. The standard InChI is InChI=1S/C19H28N4O/c1-6-7-10-20-19-16(12-21-15(4)23-19)8-9-17-14(3)18(24-5)13(2)11-22-17/h11-12H,6-10H2,1-5H3,(H,20,21,23). The zero-order valence-corrected chi connectivity index (χ0v) is 15.4. The van der Waals surface area contributed by atoms with Crippen LogP contribution < -0.4 is 10.1 Å². The van der Waals surface area contributed by atoms with E-state index in [1.54, 1.807) is 7.11 Å². The number of pyridine rings is 1. The van der Waals surface area contributed by atoms with E-state index >= 15 is 0 Å². The van der Waals surface area contributed by atoms with Crippen molar-refractivity contribution in [3.8, 4) is 5.75 Å². The predicted octanol–water partition coefficient (Wildman–Crippen LogP) is 3.80. The molecule has 0 aliphatic rings. The van der Waals surface area contributed by atoms with Gasteiger partial charge in [0.1, 0.15) is 17.4 Å². The van der Waals surface area contributed by atoms with Crippen LogP contribution in [0.5, 0.6) is 5.75 Å². The molecule has 2 rings (SSSR count). The first-order valence-electron chi connectivity index (χ1n) is 8.62. The Morgan fingerprint density at radius 3 is 2.58 bits per heavy atom. The van der Waals surface area contributed by atoms with Crippen molar-refractivity contribution in [2.75, 3.05) is 19.0 Å². The highest BCUT2D eigenvalue weighted by Crippen LogP contribution is 2.25. The molecule has 2 aromatic heterocycles. The van der Waals surface area contributed by atoms with E-state index in [-0.39, 0.29) is 0 Å². The lowest BCUT2D eigenvalue weighted by molar-refractivity contribution is 0.407. The first-order chi connectivity index (χ1) is 11.6. The van der Waals surface area contributed by atoms with Gasteiger partial charge in [0.05, 0.1) is 7.11 Å². The summed E-state index contributed by atoms with van der Waals surface area (Å²) < 4.78 is 5.50. The molecular weight excluding hydrogens is 300 g/mol. The Bertz CT molecular complexity index is 685. The van der Waals surface area contributed by atoms with E-state index in [1.165, 1.54) is 6.42 Å². The number of hydrogen-bond acceptors (Lipinski definition) is 5. The highest BCUT2D eigenvalue weighted by molar-refractivity contribution is 5.45. The molecule has 0 fully saturated rings. The summed E-state index contributed by atoms with van der Waals surface area (Å²) in [6.45, 7) is 9.14. The van der Waals surface area contributed by atoms with Crippen molar-refractivity contribution in [2.45, 2.75) is 53.4 Å². The highest BCUT2D eigenvalue weighted by atomic mass is 16.5.